The average molecular weight is 267 g/mol. The second-order valence-electron chi connectivity index (χ2n) is 6.78. The van der Waals surface area contributed by atoms with Crippen molar-refractivity contribution in [1.82, 2.24) is 9.80 Å². The Kier molecular flexibility index (Phi) is 5.27. The quantitative estimate of drug-likeness (QED) is 0.848. The molecular formula is C16H33N3. The molecule has 2 N–H and O–H groups in total. The van der Waals surface area contributed by atoms with Crippen molar-refractivity contribution in [2.45, 2.75) is 64.5 Å². The predicted molar refractivity (Wildman–Crippen MR) is 82.3 cm³/mol. The average Bonchev–Trinajstić information content (AvgIpc) is 2.47. The van der Waals surface area contributed by atoms with E-state index >= 15 is 0 Å². The standard InChI is InChI=1S/C16H33N3/c1-4-15-7-5-6-8-16(15,13-17)19-11-9-18(10-12-19)14(2)3/h14-15H,4-13,17H2,1-3H3. The molecule has 1 aliphatic heterocycles. The van der Waals surface area contributed by atoms with Gasteiger partial charge in [-0.3, -0.25) is 9.80 Å². The highest BCUT2D eigenvalue weighted by Gasteiger charge is 2.44. The third-order valence-electron chi connectivity index (χ3n) is 5.69. The van der Waals surface area contributed by atoms with Crippen LogP contribution in [0.4, 0.5) is 0 Å². The molecule has 0 radical (unpaired) electrons. The van der Waals surface area contributed by atoms with Gasteiger partial charge in [0.05, 0.1) is 0 Å². The fraction of sp³-hybridized carbons (Fsp3) is 1.00. The van der Waals surface area contributed by atoms with Gasteiger partial charge in [0.25, 0.3) is 0 Å². The molecule has 1 saturated heterocycles. The number of hydrogen-bond donors (Lipinski definition) is 1. The molecule has 2 rings (SSSR count). The van der Waals surface area contributed by atoms with Crippen LogP contribution in [0.5, 0.6) is 0 Å². The lowest BCUT2D eigenvalue weighted by Crippen LogP contribution is -2.64. The second-order valence-corrected chi connectivity index (χ2v) is 6.78. The van der Waals surface area contributed by atoms with Crippen molar-refractivity contribution >= 4 is 0 Å². The normalized spacial score (nSPS) is 34.9. The fourth-order valence-electron chi connectivity index (χ4n) is 4.38. The van der Waals surface area contributed by atoms with Crippen LogP contribution in [0.15, 0.2) is 0 Å². The van der Waals surface area contributed by atoms with Gasteiger partial charge in [0.2, 0.25) is 0 Å². The van der Waals surface area contributed by atoms with E-state index in [4.69, 9.17) is 5.73 Å². The van der Waals surface area contributed by atoms with E-state index < -0.39 is 0 Å². The first kappa shape index (κ1) is 15.3. The largest absolute Gasteiger partial charge is 0.329 e. The molecule has 112 valence electrons. The zero-order valence-corrected chi connectivity index (χ0v) is 13.2. The van der Waals surface area contributed by atoms with E-state index in [1.54, 1.807) is 0 Å². The summed E-state index contributed by atoms with van der Waals surface area (Å²) in [6.07, 6.45) is 6.79. The van der Waals surface area contributed by atoms with Gasteiger partial charge in [0.1, 0.15) is 0 Å². The predicted octanol–water partition coefficient (Wildman–Crippen LogP) is 2.31. The molecule has 3 heteroatoms. The van der Waals surface area contributed by atoms with E-state index in [1.165, 1.54) is 58.3 Å². The van der Waals surface area contributed by atoms with Crippen LogP contribution in [-0.2, 0) is 0 Å². The first-order valence-corrected chi connectivity index (χ1v) is 8.33. The van der Waals surface area contributed by atoms with Crippen molar-refractivity contribution in [3.05, 3.63) is 0 Å². The monoisotopic (exact) mass is 267 g/mol. The van der Waals surface area contributed by atoms with Crippen LogP contribution < -0.4 is 5.73 Å². The van der Waals surface area contributed by atoms with Crippen LogP contribution in [0.2, 0.25) is 0 Å². The number of nitrogens with zero attached hydrogens (tertiary/aromatic N) is 2. The molecule has 3 nitrogen and oxygen atoms in total. The molecule has 1 aliphatic carbocycles. The molecule has 0 aromatic rings. The Bertz CT molecular complexity index is 271. The van der Waals surface area contributed by atoms with Gasteiger partial charge in [-0.1, -0.05) is 26.2 Å². The molecule has 1 heterocycles. The Labute approximate surface area is 119 Å². The summed E-state index contributed by atoms with van der Waals surface area (Å²) in [6, 6.07) is 0.685. The summed E-state index contributed by atoms with van der Waals surface area (Å²) < 4.78 is 0. The first-order valence-electron chi connectivity index (χ1n) is 8.33. The summed E-state index contributed by atoms with van der Waals surface area (Å²) in [5, 5.41) is 0. The summed E-state index contributed by atoms with van der Waals surface area (Å²) in [5.41, 5.74) is 6.59. The molecule has 0 amide bonds. The van der Waals surface area contributed by atoms with Crippen LogP contribution in [0.3, 0.4) is 0 Å². The van der Waals surface area contributed by atoms with Gasteiger partial charge in [0.15, 0.2) is 0 Å². The summed E-state index contributed by atoms with van der Waals surface area (Å²) in [6.45, 7) is 12.7. The van der Waals surface area contributed by atoms with E-state index in [1.807, 2.05) is 0 Å². The summed E-state index contributed by atoms with van der Waals surface area (Å²) in [4.78, 5) is 5.35. The molecule has 0 aromatic carbocycles. The molecule has 2 fully saturated rings. The van der Waals surface area contributed by atoms with Gasteiger partial charge in [-0.2, -0.15) is 0 Å². The van der Waals surface area contributed by atoms with Crippen LogP contribution in [-0.4, -0.2) is 54.1 Å². The smallest absolute Gasteiger partial charge is 0.0360 e. The molecule has 0 bridgehead atoms. The molecule has 2 unspecified atom stereocenters. The maximum atomic E-state index is 6.27. The maximum Gasteiger partial charge on any atom is 0.0360 e. The van der Waals surface area contributed by atoms with Crippen molar-refractivity contribution < 1.29 is 0 Å². The first-order chi connectivity index (χ1) is 9.14. The van der Waals surface area contributed by atoms with Crippen molar-refractivity contribution in [3.8, 4) is 0 Å². The van der Waals surface area contributed by atoms with Crippen molar-refractivity contribution in [3.63, 3.8) is 0 Å². The number of hydrogen-bond acceptors (Lipinski definition) is 3. The zero-order chi connectivity index (χ0) is 13.9. The van der Waals surface area contributed by atoms with Crippen molar-refractivity contribution in [1.29, 1.82) is 0 Å². The Morgan fingerprint density at radius 2 is 1.84 bits per heavy atom. The fourth-order valence-corrected chi connectivity index (χ4v) is 4.38. The van der Waals surface area contributed by atoms with E-state index in [9.17, 15) is 0 Å². The highest BCUT2D eigenvalue weighted by molar-refractivity contribution is 5.01. The minimum Gasteiger partial charge on any atom is -0.329 e. The Hall–Kier alpha value is -0.120. The van der Waals surface area contributed by atoms with E-state index in [0.29, 0.717) is 11.6 Å². The lowest BCUT2D eigenvalue weighted by Gasteiger charge is -2.54. The van der Waals surface area contributed by atoms with Crippen molar-refractivity contribution in [2.24, 2.45) is 11.7 Å². The molecule has 0 spiro atoms. The van der Waals surface area contributed by atoms with Crippen LogP contribution in [0, 0.1) is 5.92 Å². The Balaban J connectivity index is 2.05. The van der Waals surface area contributed by atoms with Gasteiger partial charge in [-0.15, -0.1) is 0 Å². The summed E-state index contributed by atoms with van der Waals surface area (Å²) in [5.74, 6) is 0.817. The Morgan fingerprint density at radius 1 is 1.16 bits per heavy atom. The Morgan fingerprint density at radius 3 is 2.37 bits per heavy atom. The SMILES string of the molecule is CCC1CCCCC1(CN)N1CCN(C(C)C)CC1. The third-order valence-corrected chi connectivity index (χ3v) is 5.69. The molecule has 19 heavy (non-hydrogen) atoms. The lowest BCUT2D eigenvalue weighted by molar-refractivity contribution is -0.0309. The zero-order valence-electron chi connectivity index (χ0n) is 13.2. The molecule has 1 saturated carbocycles. The van der Waals surface area contributed by atoms with Gasteiger partial charge in [-0.25, -0.2) is 0 Å². The second kappa shape index (κ2) is 6.55. The molecule has 0 aromatic heterocycles. The van der Waals surface area contributed by atoms with Gasteiger partial charge >= 0.3 is 0 Å². The van der Waals surface area contributed by atoms with Crippen LogP contribution in [0.1, 0.15) is 52.9 Å². The summed E-state index contributed by atoms with van der Waals surface area (Å²) in [7, 11) is 0. The van der Waals surface area contributed by atoms with Crippen LogP contribution >= 0.6 is 0 Å². The van der Waals surface area contributed by atoms with Gasteiger partial charge < -0.3 is 5.73 Å². The molecular weight excluding hydrogens is 234 g/mol. The topological polar surface area (TPSA) is 32.5 Å². The van der Waals surface area contributed by atoms with Gasteiger partial charge in [0, 0.05) is 44.3 Å². The third kappa shape index (κ3) is 2.98. The maximum absolute atomic E-state index is 6.27. The number of piperazine rings is 1. The highest BCUT2D eigenvalue weighted by Crippen LogP contribution is 2.40. The minimum atomic E-state index is 0.316. The van der Waals surface area contributed by atoms with E-state index in [0.717, 1.165) is 12.5 Å². The highest BCUT2D eigenvalue weighted by atomic mass is 15.3. The molecule has 2 aliphatic rings. The molecule has 2 atom stereocenters. The van der Waals surface area contributed by atoms with Crippen molar-refractivity contribution in [2.75, 3.05) is 32.7 Å². The van der Waals surface area contributed by atoms with E-state index in [2.05, 4.69) is 30.6 Å². The number of rotatable bonds is 4. The number of nitrogens with two attached hydrogens (primary N) is 1. The lowest BCUT2D eigenvalue weighted by atomic mass is 9.70. The van der Waals surface area contributed by atoms with Crippen LogP contribution in [0.25, 0.3) is 0 Å². The minimum absolute atomic E-state index is 0.316. The van der Waals surface area contributed by atoms with E-state index in [-0.39, 0.29) is 0 Å². The van der Waals surface area contributed by atoms with Gasteiger partial charge in [-0.05, 0) is 32.6 Å². The summed E-state index contributed by atoms with van der Waals surface area (Å²) >= 11 is 0.